The number of thioether (sulfide) groups is 1. The zero-order valence-corrected chi connectivity index (χ0v) is 18.0. The summed E-state index contributed by atoms with van der Waals surface area (Å²) in [7, 11) is 0. The van der Waals surface area contributed by atoms with Crippen molar-refractivity contribution < 1.29 is 28.2 Å². The molecule has 5 atom stereocenters. The van der Waals surface area contributed by atoms with Gasteiger partial charge in [0, 0.05) is 29.6 Å². The van der Waals surface area contributed by atoms with Gasteiger partial charge in [0.25, 0.3) is 0 Å². The van der Waals surface area contributed by atoms with E-state index in [-0.39, 0.29) is 16.7 Å². The molecule has 2 unspecified atom stereocenters. The first-order valence-electron chi connectivity index (χ1n) is 8.45. The predicted octanol–water partition coefficient (Wildman–Crippen LogP) is 4.76. The zero-order valence-electron chi connectivity index (χ0n) is 15.7. The third-order valence-electron chi connectivity index (χ3n) is 4.13. The molecule has 0 bridgehead atoms. The van der Waals surface area contributed by atoms with Gasteiger partial charge in [-0.1, -0.05) is 47.0 Å². The van der Waals surface area contributed by atoms with E-state index in [4.69, 9.17) is 42.9 Å². The molecule has 0 amide bonds. The number of rotatable bonds is 6. The van der Waals surface area contributed by atoms with Crippen LogP contribution in [0.5, 0.6) is 0 Å². The fraction of sp³-hybridized carbons (Fsp3) is 0.529. The minimum Gasteiger partial charge on any atom is -0.463 e. The first-order valence-corrected chi connectivity index (χ1v) is 10.1. The van der Waals surface area contributed by atoms with Crippen LogP contribution in [0.1, 0.15) is 20.8 Å². The second-order valence-electron chi connectivity index (χ2n) is 6.29. The van der Waals surface area contributed by atoms with E-state index in [1.54, 1.807) is 6.92 Å². The van der Waals surface area contributed by atoms with Crippen molar-refractivity contribution >= 4 is 46.9 Å². The fourth-order valence-electron chi connectivity index (χ4n) is 2.82. The molecular weight excluding hydrogens is 448 g/mol. The van der Waals surface area contributed by atoms with Crippen molar-refractivity contribution in [2.24, 2.45) is 11.0 Å². The molecule has 158 valence electrons. The monoisotopic (exact) mass is 465 g/mol. The molecule has 1 aliphatic rings. The van der Waals surface area contributed by atoms with Crippen LogP contribution in [0.4, 0.5) is 4.39 Å². The average molecular weight is 466 g/mol. The van der Waals surface area contributed by atoms with Gasteiger partial charge in [0.1, 0.15) is 24.3 Å². The number of ether oxygens (including phenoxy) is 3. The highest BCUT2D eigenvalue weighted by Crippen LogP contribution is 2.41. The van der Waals surface area contributed by atoms with Crippen LogP contribution in [0.15, 0.2) is 22.1 Å². The van der Waals surface area contributed by atoms with Crippen molar-refractivity contribution in [2.75, 3.05) is 6.61 Å². The van der Waals surface area contributed by atoms with Crippen molar-refractivity contribution in [1.82, 2.24) is 0 Å². The maximum absolute atomic E-state index is 13.7. The van der Waals surface area contributed by atoms with Crippen molar-refractivity contribution in [2.45, 2.75) is 49.4 Å². The largest absolute Gasteiger partial charge is 0.463 e. The Balaban J connectivity index is 2.33. The number of benzene rings is 1. The summed E-state index contributed by atoms with van der Waals surface area (Å²) in [5, 5.41) is 3.48. The molecule has 0 spiro atoms. The van der Waals surface area contributed by atoms with Crippen LogP contribution in [-0.2, 0) is 23.8 Å². The third-order valence-corrected chi connectivity index (χ3v) is 5.96. The Bertz CT molecular complexity index is 816. The highest BCUT2D eigenvalue weighted by atomic mass is 35.5. The first kappa shape index (κ1) is 23.6. The predicted molar refractivity (Wildman–Crippen MR) is 105 cm³/mol. The number of halogens is 3. The molecule has 0 N–H and O–H groups in total. The van der Waals surface area contributed by atoms with Crippen molar-refractivity contribution in [1.29, 1.82) is 0 Å². The minimum absolute atomic E-state index is 0.149. The molecular formula is C17H18Cl2FN3O5S. The van der Waals surface area contributed by atoms with Gasteiger partial charge in [0.05, 0.1) is 16.1 Å². The Morgan fingerprint density at radius 3 is 2.45 bits per heavy atom. The van der Waals surface area contributed by atoms with Crippen LogP contribution in [0.3, 0.4) is 0 Å². The minimum atomic E-state index is -0.949. The summed E-state index contributed by atoms with van der Waals surface area (Å²) >= 11 is 12.9. The van der Waals surface area contributed by atoms with Crippen LogP contribution >= 0.6 is 35.0 Å². The number of carbonyl (C=O) groups is 2. The highest BCUT2D eigenvalue weighted by Gasteiger charge is 2.46. The Labute approximate surface area is 180 Å². The van der Waals surface area contributed by atoms with Crippen LogP contribution in [0.2, 0.25) is 10.0 Å². The summed E-state index contributed by atoms with van der Waals surface area (Å²) in [6.45, 7) is 3.98. The zero-order chi connectivity index (χ0) is 21.7. The molecule has 1 saturated heterocycles. The molecule has 12 heteroatoms. The van der Waals surface area contributed by atoms with Gasteiger partial charge in [-0.3, -0.25) is 9.59 Å². The second kappa shape index (κ2) is 10.4. The van der Waals surface area contributed by atoms with E-state index < -0.39 is 47.4 Å². The standard InChI is InChI=1S/C17H18Cl2FN3O5S/c1-7-15(22-23-21)16(27-9(3)25)13(6-26-8(2)24)28-17(7)29-10-4-11(18)14(20)12(19)5-10/h4-5,7,13,15-17H,6H2,1-3H3/t7?,13?,15-,16+,17-/m1/s1. The molecule has 8 nitrogen and oxygen atoms in total. The van der Waals surface area contributed by atoms with Gasteiger partial charge in [-0.15, -0.1) is 0 Å². The summed E-state index contributed by atoms with van der Waals surface area (Å²) in [4.78, 5) is 26.1. The summed E-state index contributed by atoms with van der Waals surface area (Å²) < 4.78 is 30.0. The lowest BCUT2D eigenvalue weighted by Crippen LogP contribution is -2.55. The highest BCUT2D eigenvalue weighted by molar-refractivity contribution is 7.99. The topological polar surface area (TPSA) is 111 Å². The van der Waals surface area contributed by atoms with E-state index in [1.807, 2.05) is 0 Å². The number of esters is 2. The van der Waals surface area contributed by atoms with E-state index in [9.17, 15) is 14.0 Å². The first-order chi connectivity index (χ1) is 13.6. The fourth-order valence-corrected chi connectivity index (χ4v) is 4.66. The Kier molecular flexibility index (Phi) is 8.42. The van der Waals surface area contributed by atoms with Crippen LogP contribution in [0, 0.1) is 11.7 Å². The molecule has 1 aromatic carbocycles. The van der Waals surface area contributed by atoms with Gasteiger partial charge >= 0.3 is 11.9 Å². The molecule has 1 aromatic rings. The second-order valence-corrected chi connectivity index (χ2v) is 8.28. The number of hydrogen-bond donors (Lipinski definition) is 0. The molecule has 2 rings (SSSR count). The SMILES string of the molecule is CC(=O)OCC1O[C@H](Sc2cc(Cl)c(F)c(Cl)c2)C(C)[C@@H](N=[N+]=[N-])[C@H]1OC(C)=O. The maximum Gasteiger partial charge on any atom is 0.303 e. The molecule has 1 fully saturated rings. The van der Waals surface area contributed by atoms with E-state index in [2.05, 4.69) is 10.0 Å². The van der Waals surface area contributed by atoms with E-state index in [1.165, 1.54) is 37.7 Å². The molecule has 29 heavy (non-hydrogen) atoms. The van der Waals surface area contributed by atoms with Crippen LogP contribution in [-0.4, -0.2) is 42.2 Å². The Hall–Kier alpha value is -1.71. The smallest absolute Gasteiger partial charge is 0.303 e. The van der Waals surface area contributed by atoms with Crippen molar-refractivity contribution in [3.05, 3.63) is 38.4 Å². The molecule has 1 heterocycles. The number of hydrogen-bond acceptors (Lipinski definition) is 7. The quantitative estimate of drug-likeness (QED) is 0.197. The van der Waals surface area contributed by atoms with E-state index >= 15 is 0 Å². The molecule has 0 radical (unpaired) electrons. The van der Waals surface area contributed by atoms with Crippen LogP contribution < -0.4 is 0 Å². The summed E-state index contributed by atoms with van der Waals surface area (Å²) in [5.74, 6) is -2.29. The lowest BCUT2D eigenvalue weighted by atomic mass is 9.91. The Morgan fingerprint density at radius 2 is 1.93 bits per heavy atom. The summed E-state index contributed by atoms with van der Waals surface area (Å²) in [5.41, 5.74) is 8.36. The van der Waals surface area contributed by atoms with Gasteiger partial charge in [0.2, 0.25) is 0 Å². The van der Waals surface area contributed by atoms with Crippen molar-refractivity contribution in [3.8, 4) is 0 Å². The Morgan fingerprint density at radius 1 is 1.31 bits per heavy atom. The van der Waals surface area contributed by atoms with Gasteiger partial charge in [-0.05, 0) is 17.7 Å². The van der Waals surface area contributed by atoms with E-state index in [0.717, 1.165) is 0 Å². The normalized spacial score (nSPS) is 26.3. The number of carbonyl (C=O) groups excluding carboxylic acids is 2. The van der Waals surface area contributed by atoms with Gasteiger partial charge in [-0.2, -0.15) is 0 Å². The average Bonchev–Trinajstić information content (AvgIpc) is 2.63. The lowest BCUT2D eigenvalue weighted by Gasteiger charge is -2.43. The van der Waals surface area contributed by atoms with Crippen LogP contribution in [0.25, 0.3) is 10.4 Å². The third kappa shape index (κ3) is 6.13. The van der Waals surface area contributed by atoms with E-state index in [0.29, 0.717) is 4.90 Å². The molecule has 1 aliphatic heterocycles. The summed E-state index contributed by atoms with van der Waals surface area (Å²) in [6.07, 6.45) is -1.83. The lowest BCUT2D eigenvalue weighted by molar-refractivity contribution is -0.182. The molecule has 0 aromatic heterocycles. The van der Waals surface area contributed by atoms with Gasteiger partial charge in [-0.25, -0.2) is 4.39 Å². The van der Waals surface area contributed by atoms with Gasteiger partial charge < -0.3 is 14.2 Å². The number of nitrogens with zero attached hydrogens (tertiary/aromatic N) is 3. The maximum atomic E-state index is 13.7. The number of azide groups is 1. The molecule has 0 saturated carbocycles. The van der Waals surface area contributed by atoms with Gasteiger partial charge in [0.15, 0.2) is 5.82 Å². The summed E-state index contributed by atoms with van der Waals surface area (Å²) in [6, 6.07) is 2.00. The van der Waals surface area contributed by atoms with Crippen molar-refractivity contribution in [3.63, 3.8) is 0 Å². The molecule has 0 aliphatic carbocycles.